The molecular formula is C27H30N2O10. The molecule has 0 unspecified atom stereocenters. The van der Waals surface area contributed by atoms with Crippen molar-refractivity contribution < 1.29 is 49.1 Å². The first kappa shape index (κ1) is 29.4. The third kappa shape index (κ3) is 5.67. The first-order valence-electron chi connectivity index (χ1n) is 12.2. The Morgan fingerprint density at radius 2 is 1.38 bits per heavy atom. The van der Waals surface area contributed by atoms with Gasteiger partial charge in [0.2, 0.25) is 11.6 Å². The highest BCUT2D eigenvalue weighted by molar-refractivity contribution is 6.28. The zero-order chi connectivity index (χ0) is 28.8. The molecule has 0 aromatic heterocycles. The van der Waals surface area contributed by atoms with E-state index in [1.807, 2.05) is 0 Å². The minimum Gasteiger partial charge on any atom is -0.479 e. The van der Waals surface area contributed by atoms with Crippen LogP contribution in [0.25, 0.3) is 0 Å². The fourth-order valence-electron chi connectivity index (χ4n) is 4.66. The van der Waals surface area contributed by atoms with E-state index in [1.54, 1.807) is 6.07 Å². The van der Waals surface area contributed by atoms with Gasteiger partial charge in [0, 0.05) is 30.3 Å². The maximum absolute atomic E-state index is 12.9. The number of esters is 1. The van der Waals surface area contributed by atoms with Crippen LogP contribution in [0.1, 0.15) is 34.1 Å². The number of rotatable bonds is 8. The number of ether oxygens (including phenoxy) is 1. The molecule has 1 amide bonds. The van der Waals surface area contributed by atoms with Gasteiger partial charge in [-0.15, -0.1) is 0 Å². The Labute approximate surface area is 223 Å². The number of Topliss-reactive ketones (excluding diaryl/α,β-unsaturated/α-hetero) is 2. The Kier molecular flexibility index (Phi) is 9.17. The second-order valence-electron chi connectivity index (χ2n) is 9.13. The molecule has 0 radical (unpaired) electrons. The Bertz CT molecular complexity index is 1210. The van der Waals surface area contributed by atoms with E-state index in [1.165, 1.54) is 66.4 Å². The SMILES string of the molecule is CCOC(=O)[C@](O)(C(=O)c1ccccc1)[C@](O)(C(=O)O)C(=O)c1ccccc1.O=C(O)N1C[C@H]2CCN[C@H]2C1. The predicted molar refractivity (Wildman–Crippen MR) is 135 cm³/mol. The van der Waals surface area contributed by atoms with Crippen molar-refractivity contribution in [1.82, 2.24) is 10.2 Å². The molecule has 4 rings (SSSR count). The topological polar surface area (TPSA) is 191 Å². The largest absolute Gasteiger partial charge is 0.479 e. The average molecular weight is 543 g/mol. The molecule has 0 saturated carbocycles. The van der Waals surface area contributed by atoms with E-state index in [-0.39, 0.29) is 17.7 Å². The standard InChI is InChI=1S/C20H18O8.C7H12N2O2/c1-2-28-18(25)20(27,16(22)14-11-7-4-8-12-14)19(26,17(23)24)15(21)13-9-5-3-6-10-13;10-7(11)9-3-5-1-2-8-6(5)4-9/h3-12,26-27H,2H2,1H3,(H,23,24);5-6,8H,1-4H2,(H,10,11)/t19-,20-;5-,6+/m11/s1. The maximum Gasteiger partial charge on any atom is 0.407 e. The number of aliphatic carboxylic acids is 1. The lowest BCUT2D eigenvalue weighted by molar-refractivity contribution is -0.190. The lowest BCUT2D eigenvalue weighted by Crippen LogP contribution is -2.71. The first-order valence-corrected chi connectivity index (χ1v) is 12.2. The second kappa shape index (κ2) is 12.2. The number of nitrogens with zero attached hydrogens (tertiary/aromatic N) is 1. The molecule has 2 aliphatic rings. The number of nitrogens with one attached hydrogen (secondary N) is 1. The van der Waals surface area contributed by atoms with E-state index in [4.69, 9.17) is 5.11 Å². The molecular weight excluding hydrogens is 512 g/mol. The van der Waals surface area contributed by atoms with Gasteiger partial charge < -0.3 is 35.4 Å². The monoisotopic (exact) mass is 542 g/mol. The van der Waals surface area contributed by atoms with E-state index >= 15 is 0 Å². The van der Waals surface area contributed by atoms with Crippen LogP contribution in [-0.4, -0.2) is 98.4 Å². The Hall–Kier alpha value is -4.13. The second-order valence-corrected chi connectivity index (χ2v) is 9.13. The molecule has 5 N–H and O–H groups in total. The van der Waals surface area contributed by atoms with Crippen molar-refractivity contribution in [2.75, 3.05) is 26.2 Å². The van der Waals surface area contributed by atoms with E-state index in [2.05, 4.69) is 10.1 Å². The van der Waals surface area contributed by atoms with Crippen molar-refractivity contribution in [1.29, 1.82) is 0 Å². The van der Waals surface area contributed by atoms with E-state index < -0.39 is 40.8 Å². The van der Waals surface area contributed by atoms with Crippen molar-refractivity contribution in [2.24, 2.45) is 5.92 Å². The zero-order valence-corrected chi connectivity index (χ0v) is 21.1. The minimum absolute atomic E-state index is 0.293. The highest BCUT2D eigenvalue weighted by atomic mass is 16.6. The molecule has 39 heavy (non-hydrogen) atoms. The molecule has 208 valence electrons. The average Bonchev–Trinajstić information content (AvgIpc) is 3.56. The van der Waals surface area contributed by atoms with Gasteiger partial charge in [0.1, 0.15) is 0 Å². The van der Waals surface area contributed by atoms with Gasteiger partial charge in [-0.2, -0.15) is 0 Å². The summed E-state index contributed by atoms with van der Waals surface area (Å²) in [5.41, 5.74) is -8.16. The Balaban J connectivity index is 0.000000314. The van der Waals surface area contributed by atoms with Crippen molar-refractivity contribution >= 4 is 29.6 Å². The summed E-state index contributed by atoms with van der Waals surface area (Å²) in [6.45, 7) is 3.48. The summed E-state index contributed by atoms with van der Waals surface area (Å²) < 4.78 is 4.65. The van der Waals surface area contributed by atoms with Crippen LogP contribution in [0.5, 0.6) is 0 Å². The number of carbonyl (C=O) groups is 5. The normalized spacial score (nSPS) is 20.8. The minimum atomic E-state index is -3.83. The van der Waals surface area contributed by atoms with Gasteiger partial charge in [-0.05, 0) is 25.8 Å². The summed E-state index contributed by atoms with van der Waals surface area (Å²) >= 11 is 0. The number of amides is 1. The van der Waals surface area contributed by atoms with E-state index in [0.717, 1.165) is 19.5 Å². The van der Waals surface area contributed by atoms with Crippen LogP contribution in [0.15, 0.2) is 60.7 Å². The van der Waals surface area contributed by atoms with Crippen molar-refractivity contribution in [3.63, 3.8) is 0 Å². The molecule has 4 atom stereocenters. The number of benzene rings is 2. The number of likely N-dealkylation sites (tertiary alicyclic amines) is 1. The summed E-state index contributed by atoms with van der Waals surface area (Å²) in [4.78, 5) is 62.3. The molecule has 2 aliphatic heterocycles. The van der Waals surface area contributed by atoms with Crippen LogP contribution >= 0.6 is 0 Å². The lowest BCUT2D eigenvalue weighted by Gasteiger charge is -2.35. The lowest BCUT2D eigenvalue weighted by atomic mass is 9.73. The fraction of sp³-hybridized carbons (Fsp3) is 0.370. The van der Waals surface area contributed by atoms with E-state index in [9.17, 15) is 39.3 Å². The van der Waals surface area contributed by atoms with Gasteiger partial charge in [0.05, 0.1) is 6.61 Å². The van der Waals surface area contributed by atoms with Crippen molar-refractivity contribution in [3.8, 4) is 0 Å². The summed E-state index contributed by atoms with van der Waals surface area (Å²) in [5.74, 6) is -6.48. The smallest absolute Gasteiger partial charge is 0.407 e. The van der Waals surface area contributed by atoms with Crippen LogP contribution < -0.4 is 5.32 Å². The number of aliphatic hydroxyl groups is 2. The third-order valence-corrected chi connectivity index (χ3v) is 6.77. The number of carboxylic acids is 1. The number of carboxylic acid groups (broad SMARTS) is 2. The third-order valence-electron chi connectivity index (χ3n) is 6.77. The molecule has 0 bridgehead atoms. The molecule has 2 heterocycles. The number of carbonyl (C=O) groups excluding carboxylic acids is 3. The number of ketones is 2. The van der Waals surface area contributed by atoms with Crippen LogP contribution in [0.2, 0.25) is 0 Å². The van der Waals surface area contributed by atoms with Crippen LogP contribution in [-0.2, 0) is 14.3 Å². The summed E-state index contributed by atoms with van der Waals surface area (Å²) in [7, 11) is 0. The molecule has 2 aromatic rings. The van der Waals surface area contributed by atoms with Gasteiger partial charge in [-0.25, -0.2) is 14.4 Å². The van der Waals surface area contributed by atoms with Crippen LogP contribution in [0.4, 0.5) is 4.79 Å². The Morgan fingerprint density at radius 1 is 0.872 bits per heavy atom. The molecule has 0 spiro atoms. The molecule has 12 heteroatoms. The zero-order valence-electron chi connectivity index (χ0n) is 21.1. The number of hydrogen-bond donors (Lipinski definition) is 5. The fourth-order valence-corrected chi connectivity index (χ4v) is 4.66. The molecule has 12 nitrogen and oxygen atoms in total. The number of hydrogen-bond acceptors (Lipinski definition) is 9. The van der Waals surface area contributed by atoms with Gasteiger partial charge in [0.15, 0.2) is 0 Å². The predicted octanol–water partition coefficient (Wildman–Crippen LogP) is 0.820. The summed E-state index contributed by atoms with van der Waals surface area (Å²) in [5, 5.41) is 43.4. The highest BCUT2D eigenvalue weighted by Crippen LogP contribution is 2.32. The molecule has 2 fully saturated rings. The van der Waals surface area contributed by atoms with Crippen LogP contribution in [0.3, 0.4) is 0 Å². The van der Waals surface area contributed by atoms with Gasteiger partial charge in [0.25, 0.3) is 11.2 Å². The molecule has 2 aromatic carbocycles. The number of fused-ring (bicyclic) bond motifs is 1. The highest BCUT2D eigenvalue weighted by Gasteiger charge is 2.70. The van der Waals surface area contributed by atoms with Crippen LogP contribution in [0, 0.1) is 5.92 Å². The maximum atomic E-state index is 12.9. The molecule has 0 aliphatic carbocycles. The van der Waals surface area contributed by atoms with Gasteiger partial charge in [-0.1, -0.05) is 60.7 Å². The first-order chi connectivity index (χ1) is 18.5. The summed E-state index contributed by atoms with van der Waals surface area (Å²) in [6, 6.07) is 13.8. The van der Waals surface area contributed by atoms with Crippen molar-refractivity contribution in [3.05, 3.63) is 71.8 Å². The summed E-state index contributed by atoms with van der Waals surface area (Å²) in [6.07, 6.45) is 0.357. The quantitative estimate of drug-likeness (QED) is 0.180. The van der Waals surface area contributed by atoms with Gasteiger partial charge in [-0.3, -0.25) is 9.59 Å². The van der Waals surface area contributed by atoms with E-state index in [0.29, 0.717) is 18.5 Å². The van der Waals surface area contributed by atoms with Crippen molar-refractivity contribution in [2.45, 2.75) is 30.6 Å². The van der Waals surface area contributed by atoms with Gasteiger partial charge >= 0.3 is 18.0 Å². The Morgan fingerprint density at radius 3 is 1.82 bits per heavy atom. The molecule has 2 saturated heterocycles.